The molecule has 1 aliphatic heterocycles. The van der Waals surface area contributed by atoms with Crippen LogP contribution in [0.4, 0.5) is 5.69 Å². The molecule has 0 radical (unpaired) electrons. The summed E-state index contributed by atoms with van der Waals surface area (Å²) in [5.74, 6) is 0.405. The molecule has 0 fully saturated rings. The van der Waals surface area contributed by atoms with Crippen molar-refractivity contribution in [3.05, 3.63) is 101 Å². The van der Waals surface area contributed by atoms with Gasteiger partial charge < -0.3 is 14.2 Å². The maximum atomic E-state index is 12.4. The van der Waals surface area contributed by atoms with Crippen LogP contribution < -0.4 is 9.47 Å². The number of ether oxygens (including phenoxy) is 3. The minimum Gasteiger partial charge on any atom is -0.493 e. The first-order valence-electron chi connectivity index (χ1n) is 10.3. The van der Waals surface area contributed by atoms with Crippen LogP contribution in [0.5, 0.6) is 11.5 Å². The van der Waals surface area contributed by atoms with E-state index in [0.717, 1.165) is 14.7 Å². The third kappa shape index (κ3) is 5.63. The van der Waals surface area contributed by atoms with E-state index in [1.165, 1.54) is 18.2 Å². The van der Waals surface area contributed by atoms with E-state index in [-0.39, 0.29) is 27.9 Å². The van der Waals surface area contributed by atoms with Gasteiger partial charge in [-0.25, -0.2) is 9.79 Å². The third-order valence-corrected chi connectivity index (χ3v) is 6.15. The first-order valence-corrected chi connectivity index (χ1v) is 11.7. The summed E-state index contributed by atoms with van der Waals surface area (Å²) in [7, 11) is 1.54. The number of halogens is 2. The smallest absolute Gasteiger partial charge is 0.363 e. The number of nitro benzene ring substituents is 1. The zero-order valence-corrected chi connectivity index (χ0v) is 21.5. The van der Waals surface area contributed by atoms with Gasteiger partial charge in [-0.1, -0.05) is 41.4 Å². The molecular formula is C25H18ClIN2O6. The first kappa shape index (κ1) is 24.7. The van der Waals surface area contributed by atoms with E-state index in [4.69, 9.17) is 25.8 Å². The summed E-state index contributed by atoms with van der Waals surface area (Å²) in [6, 6.07) is 15.4. The molecule has 0 unspecified atom stereocenters. The fourth-order valence-electron chi connectivity index (χ4n) is 3.39. The van der Waals surface area contributed by atoms with Gasteiger partial charge in [0.1, 0.15) is 6.61 Å². The summed E-state index contributed by atoms with van der Waals surface area (Å²) in [6.45, 7) is 2.40. The molecule has 3 aromatic carbocycles. The van der Waals surface area contributed by atoms with E-state index in [2.05, 4.69) is 33.6 Å². The standard InChI is InChI=1S/C25H18ClIN2O6/c1-14-4-3-5-15(8-14)13-34-23-20(27)9-16(11-22(23)33-2)10-21-25(30)35-24(28-21)18-7-6-17(29(31)32)12-19(18)26/h3-12H,13H2,1-2H3/b21-10-. The molecule has 0 atom stereocenters. The number of benzene rings is 3. The van der Waals surface area contributed by atoms with Crippen molar-refractivity contribution in [2.24, 2.45) is 4.99 Å². The van der Waals surface area contributed by atoms with Crippen LogP contribution in [0.3, 0.4) is 0 Å². The second-order valence-electron chi connectivity index (χ2n) is 7.57. The van der Waals surface area contributed by atoms with Gasteiger partial charge in [0.15, 0.2) is 17.2 Å². The average Bonchev–Trinajstić information content (AvgIpc) is 3.17. The molecule has 35 heavy (non-hydrogen) atoms. The maximum Gasteiger partial charge on any atom is 0.363 e. The molecule has 0 saturated carbocycles. The minimum atomic E-state index is -0.664. The van der Waals surface area contributed by atoms with Crippen molar-refractivity contribution in [3.63, 3.8) is 0 Å². The number of hydrogen-bond acceptors (Lipinski definition) is 7. The van der Waals surface area contributed by atoms with Gasteiger partial charge in [0.25, 0.3) is 5.69 Å². The van der Waals surface area contributed by atoms with E-state index >= 15 is 0 Å². The number of rotatable bonds is 7. The molecule has 0 saturated heterocycles. The Morgan fingerprint density at radius 3 is 2.69 bits per heavy atom. The molecule has 0 bridgehead atoms. The van der Waals surface area contributed by atoms with Gasteiger partial charge in [-0.2, -0.15) is 0 Å². The Morgan fingerprint density at radius 2 is 2.00 bits per heavy atom. The van der Waals surface area contributed by atoms with Gasteiger partial charge in [0, 0.05) is 12.1 Å². The van der Waals surface area contributed by atoms with E-state index < -0.39 is 10.9 Å². The molecule has 1 aliphatic rings. The number of nitro groups is 1. The number of methoxy groups -OCH3 is 1. The normalized spacial score (nSPS) is 14.0. The number of nitrogens with zero attached hydrogens (tertiary/aromatic N) is 2. The van der Waals surface area contributed by atoms with Crippen LogP contribution >= 0.6 is 34.2 Å². The fraction of sp³-hybridized carbons (Fsp3) is 0.120. The van der Waals surface area contributed by atoms with Crippen LogP contribution in [0.1, 0.15) is 22.3 Å². The molecule has 178 valence electrons. The molecule has 3 aromatic rings. The van der Waals surface area contributed by atoms with Crippen molar-refractivity contribution in [1.82, 2.24) is 0 Å². The summed E-state index contributed by atoms with van der Waals surface area (Å²) in [4.78, 5) is 27.0. The van der Waals surface area contributed by atoms with E-state index in [9.17, 15) is 14.9 Å². The van der Waals surface area contributed by atoms with Gasteiger partial charge >= 0.3 is 5.97 Å². The van der Waals surface area contributed by atoms with Crippen LogP contribution in [-0.4, -0.2) is 23.9 Å². The monoisotopic (exact) mass is 604 g/mol. The molecule has 0 amide bonds. The number of non-ortho nitro benzene ring substituents is 1. The van der Waals surface area contributed by atoms with E-state index in [0.29, 0.717) is 23.7 Å². The second kappa shape index (κ2) is 10.4. The van der Waals surface area contributed by atoms with Crippen LogP contribution in [0, 0.1) is 20.6 Å². The molecular weight excluding hydrogens is 587 g/mol. The highest BCUT2D eigenvalue weighted by atomic mass is 127. The van der Waals surface area contributed by atoms with Crippen LogP contribution in [0.25, 0.3) is 6.08 Å². The summed E-state index contributed by atoms with van der Waals surface area (Å²) in [5.41, 5.74) is 3.00. The zero-order valence-electron chi connectivity index (χ0n) is 18.6. The average molecular weight is 605 g/mol. The fourth-order valence-corrected chi connectivity index (χ4v) is 4.43. The van der Waals surface area contributed by atoms with Gasteiger partial charge in [0.2, 0.25) is 5.90 Å². The van der Waals surface area contributed by atoms with Crippen molar-refractivity contribution in [2.45, 2.75) is 13.5 Å². The molecule has 10 heteroatoms. The number of aliphatic imine (C=N–C) groups is 1. The van der Waals surface area contributed by atoms with E-state index in [1.54, 1.807) is 19.3 Å². The second-order valence-corrected chi connectivity index (χ2v) is 9.14. The van der Waals surface area contributed by atoms with Crippen LogP contribution in [0.2, 0.25) is 5.02 Å². The van der Waals surface area contributed by atoms with Gasteiger partial charge in [-0.3, -0.25) is 10.1 Å². The highest BCUT2D eigenvalue weighted by Crippen LogP contribution is 2.36. The lowest BCUT2D eigenvalue weighted by molar-refractivity contribution is -0.384. The van der Waals surface area contributed by atoms with E-state index in [1.807, 2.05) is 31.2 Å². The predicted octanol–water partition coefficient (Wildman–Crippen LogP) is 6.09. The Hall–Kier alpha value is -3.44. The molecule has 0 aromatic heterocycles. The van der Waals surface area contributed by atoms with Gasteiger partial charge in [0.05, 0.1) is 26.2 Å². The number of carbonyl (C=O) groups is 1. The minimum absolute atomic E-state index is 0.0269. The summed E-state index contributed by atoms with van der Waals surface area (Å²) >= 11 is 8.29. The Morgan fingerprint density at radius 1 is 1.20 bits per heavy atom. The highest BCUT2D eigenvalue weighted by molar-refractivity contribution is 14.1. The summed E-state index contributed by atoms with van der Waals surface area (Å²) < 4.78 is 17.6. The van der Waals surface area contributed by atoms with Crippen molar-refractivity contribution >= 4 is 57.8 Å². The number of hydrogen-bond donors (Lipinski definition) is 0. The third-order valence-electron chi connectivity index (χ3n) is 5.04. The lowest BCUT2D eigenvalue weighted by Crippen LogP contribution is -2.06. The Bertz CT molecular complexity index is 1400. The van der Waals surface area contributed by atoms with Crippen LogP contribution in [0.15, 0.2) is 65.3 Å². The van der Waals surface area contributed by atoms with Crippen molar-refractivity contribution in [3.8, 4) is 11.5 Å². The molecule has 8 nitrogen and oxygen atoms in total. The lowest BCUT2D eigenvalue weighted by atomic mass is 10.1. The Kier molecular flexibility index (Phi) is 7.37. The van der Waals surface area contributed by atoms with Gasteiger partial charge in [-0.05, 0) is 64.9 Å². The summed E-state index contributed by atoms with van der Waals surface area (Å²) in [6.07, 6.45) is 1.56. The van der Waals surface area contributed by atoms with Crippen molar-refractivity contribution < 1.29 is 23.9 Å². The maximum absolute atomic E-state index is 12.4. The largest absolute Gasteiger partial charge is 0.493 e. The lowest BCUT2D eigenvalue weighted by Gasteiger charge is -2.14. The molecule has 4 rings (SSSR count). The van der Waals surface area contributed by atoms with Gasteiger partial charge in [-0.15, -0.1) is 0 Å². The highest BCUT2D eigenvalue weighted by Gasteiger charge is 2.27. The van der Waals surface area contributed by atoms with Crippen LogP contribution in [-0.2, 0) is 16.1 Å². The number of aryl methyl sites for hydroxylation is 1. The molecule has 0 spiro atoms. The topological polar surface area (TPSA) is 100 Å². The zero-order chi connectivity index (χ0) is 25.1. The Balaban J connectivity index is 1.60. The molecule has 1 heterocycles. The quantitative estimate of drug-likeness (QED) is 0.106. The summed E-state index contributed by atoms with van der Waals surface area (Å²) in [5, 5.41) is 11.0. The molecule has 0 aliphatic carbocycles. The number of cyclic esters (lactones) is 1. The number of carbonyl (C=O) groups excluding carboxylic acids is 1. The first-order chi connectivity index (χ1) is 16.7. The number of esters is 1. The SMILES string of the molecule is COc1cc(/C=C2\N=C(c3ccc([N+](=O)[O-])cc3Cl)OC2=O)cc(I)c1OCc1cccc(C)c1. The van der Waals surface area contributed by atoms with Crippen molar-refractivity contribution in [1.29, 1.82) is 0 Å². The molecule has 0 N–H and O–H groups in total. The Labute approximate surface area is 219 Å². The predicted molar refractivity (Wildman–Crippen MR) is 140 cm³/mol. The van der Waals surface area contributed by atoms with Crippen molar-refractivity contribution in [2.75, 3.05) is 7.11 Å².